The van der Waals surface area contributed by atoms with Crippen LogP contribution in [0.2, 0.25) is 0 Å². The van der Waals surface area contributed by atoms with Gasteiger partial charge in [0.2, 0.25) is 15.9 Å². The normalized spacial score (nSPS) is 15.5. The molecular formula is C16H23N3O4S. The van der Waals surface area contributed by atoms with Gasteiger partial charge in [0, 0.05) is 25.7 Å². The van der Waals surface area contributed by atoms with E-state index in [0.717, 1.165) is 30.0 Å². The Hall–Kier alpha value is -1.93. The molecule has 1 saturated carbocycles. The highest BCUT2D eigenvalue weighted by Crippen LogP contribution is 2.17. The summed E-state index contributed by atoms with van der Waals surface area (Å²) in [6.45, 7) is -0.0902. The maximum absolute atomic E-state index is 12.0. The minimum absolute atomic E-state index is 0.0902. The van der Waals surface area contributed by atoms with E-state index in [-0.39, 0.29) is 23.4 Å². The molecule has 1 aliphatic rings. The van der Waals surface area contributed by atoms with Crippen LogP contribution >= 0.6 is 0 Å². The number of carbonyl (C=O) groups excluding carboxylic acids is 2. The van der Waals surface area contributed by atoms with Crippen molar-refractivity contribution in [1.82, 2.24) is 14.9 Å². The van der Waals surface area contributed by atoms with Gasteiger partial charge in [-0.25, -0.2) is 12.7 Å². The van der Waals surface area contributed by atoms with Gasteiger partial charge < -0.3 is 10.6 Å². The van der Waals surface area contributed by atoms with Crippen molar-refractivity contribution in [3.05, 3.63) is 29.8 Å². The van der Waals surface area contributed by atoms with Gasteiger partial charge in [-0.3, -0.25) is 9.59 Å². The van der Waals surface area contributed by atoms with E-state index >= 15 is 0 Å². The molecule has 7 nitrogen and oxygen atoms in total. The fraction of sp³-hybridized carbons (Fsp3) is 0.500. The van der Waals surface area contributed by atoms with Gasteiger partial charge in [0.1, 0.15) is 0 Å². The van der Waals surface area contributed by atoms with E-state index in [1.807, 2.05) is 0 Å². The van der Waals surface area contributed by atoms with Crippen molar-refractivity contribution < 1.29 is 18.0 Å². The highest BCUT2D eigenvalue weighted by Gasteiger charge is 2.19. The lowest BCUT2D eigenvalue weighted by molar-refractivity contribution is -0.120. The lowest BCUT2D eigenvalue weighted by Gasteiger charge is -2.13. The predicted molar refractivity (Wildman–Crippen MR) is 90.0 cm³/mol. The van der Waals surface area contributed by atoms with E-state index in [4.69, 9.17) is 0 Å². The Morgan fingerprint density at radius 1 is 1.12 bits per heavy atom. The Morgan fingerprint density at radius 3 is 2.25 bits per heavy atom. The SMILES string of the molecule is CN(C)S(=O)(=O)c1ccc(C(=O)NCC(=O)NC2CCCC2)cc1. The topological polar surface area (TPSA) is 95.6 Å². The first-order valence-corrected chi connectivity index (χ1v) is 9.35. The number of nitrogens with zero attached hydrogens (tertiary/aromatic N) is 1. The summed E-state index contributed by atoms with van der Waals surface area (Å²) < 4.78 is 25.0. The molecule has 132 valence electrons. The fourth-order valence-corrected chi connectivity index (χ4v) is 3.50. The Labute approximate surface area is 142 Å². The molecule has 2 amide bonds. The second kappa shape index (κ2) is 7.76. The fourth-order valence-electron chi connectivity index (χ4n) is 2.60. The Balaban J connectivity index is 1.89. The molecule has 2 N–H and O–H groups in total. The largest absolute Gasteiger partial charge is 0.352 e. The van der Waals surface area contributed by atoms with E-state index < -0.39 is 15.9 Å². The Morgan fingerprint density at radius 2 is 1.71 bits per heavy atom. The second-order valence-corrected chi connectivity index (χ2v) is 8.20. The third kappa shape index (κ3) is 4.55. The van der Waals surface area contributed by atoms with Crippen LogP contribution in [0.15, 0.2) is 29.2 Å². The van der Waals surface area contributed by atoms with E-state index in [2.05, 4.69) is 10.6 Å². The molecular weight excluding hydrogens is 330 g/mol. The van der Waals surface area contributed by atoms with Gasteiger partial charge in [-0.15, -0.1) is 0 Å². The van der Waals surface area contributed by atoms with Gasteiger partial charge in [-0.1, -0.05) is 12.8 Å². The minimum Gasteiger partial charge on any atom is -0.352 e. The first kappa shape index (κ1) is 18.4. The van der Waals surface area contributed by atoms with Crippen molar-refractivity contribution in [3.63, 3.8) is 0 Å². The maximum Gasteiger partial charge on any atom is 0.251 e. The molecule has 0 bridgehead atoms. The number of nitrogens with one attached hydrogen (secondary N) is 2. The van der Waals surface area contributed by atoms with Crippen molar-refractivity contribution in [3.8, 4) is 0 Å². The van der Waals surface area contributed by atoms with Crippen LogP contribution in [0.3, 0.4) is 0 Å². The molecule has 24 heavy (non-hydrogen) atoms. The van der Waals surface area contributed by atoms with Crippen LogP contribution in [0.4, 0.5) is 0 Å². The van der Waals surface area contributed by atoms with E-state index in [0.29, 0.717) is 5.56 Å². The summed E-state index contributed by atoms with van der Waals surface area (Å²) in [5, 5.41) is 5.43. The zero-order valence-electron chi connectivity index (χ0n) is 13.9. The summed E-state index contributed by atoms with van der Waals surface area (Å²) >= 11 is 0. The van der Waals surface area contributed by atoms with Crippen LogP contribution in [-0.4, -0.2) is 51.2 Å². The van der Waals surface area contributed by atoms with Crippen molar-refractivity contribution in [1.29, 1.82) is 0 Å². The second-order valence-electron chi connectivity index (χ2n) is 6.04. The molecule has 1 aromatic rings. The smallest absolute Gasteiger partial charge is 0.251 e. The summed E-state index contributed by atoms with van der Waals surface area (Å²) in [4.78, 5) is 23.9. The highest BCUT2D eigenvalue weighted by molar-refractivity contribution is 7.89. The number of rotatable bonds is 6. The highest BCUT2D eigenvalue weighted by atomic mass is 32.2. The molecule has 0 unspecified atom stereocenters. The van der Waals surface area contributed by atoms with Crippen LogP contribution in [0, 0.1) is 0 Å². The standard InChI is InChI=1S/C16H23N3O4S/c1-19(2)24(22,23)14-9-7-12(8-10-14)16(21)17-11-15(20)18-13-5-3-4-6-13/h7-10,13H,3-6,11H2,1-2H3,(H,17,21)(H,18,20). The Kier molecular flexibility index (Phi) is 5.95. The van der Waals surface area contributed by atoms with Gasteiger partial charge in [-0.05, 0) is 37.1 Å². The maximum atomic E-state index is 12.0. The quantitative estimate of drug-likeness (QED) is 0.788. The summed E-state index contributed by atoms with van der Waals surface area (Å²) in [6, 6.07) is 5.83. The summed E-state index contributed by atoms with van der Waals surface area (Å²) in [6.07, 6.45) is 4.22. The molecule has 1 aromatic carbocycles. The first-order chi connectivity index (χ1) is 11.3. The minimum atomic E-state index is -3.52. The molecule has 1 fully saturated rings. The Bertz CT molecular complexity index is 693. The first-order valence-electron chi connectivity index (χ1n) is 7.91. The van der Waals surface area contributed by atoms with Gasteiger partial charge in [0.15, 0.2) is 0 Å². The number of hydrogen-bond donors (Lipinski definition) is 2. The molecule has 0 spiro atoms. The van der Waals surface area contributed by atoms with Crippen molar-refractivity contribution in [2.45, 2.75) is 36.6 Å². The third-order valence-corrected chi connectivity index (χ3v) is 5.85. The van der Waals surface area contributed by atoms with Crippen molar-refractivity contribution >= 4 is 21.8 Å². The molecule has 8 heteroatoms. The third-order valence-electron chi connectivity index (χ3n) is 4.02. The molecule has 0 heterocycles. The zero-order chi connectivity index (χ0) is 17.7. The number of sulfonamides is 1. The summed E-state index contributed by atoms with van der Waals surface area (Å²) in [5.41, 5.74) is 0.307. The number of carbonyl (C=O) groups is 2. The van der Waals surface area contributed by atoms with Gasteiger partial charge in [0.05, 0.1) is 11.4 Å². The molecule has 1 aliphatic carbocycles. The van der Waals surface area contributed by atoms with E-state index in [1.165, 1.54) is 38.4 Å². The average molecular weight is 353 g/mol. The van der Waals surface area contributed by atoms with Crippen molar-refractivity contribution in [2.24, 2.45) is 0 Å². The summed E-state index contributed by atoms with van der Waals surface area (Å²) in [7, 11) is -0.634. The molecule has 0 aromatic heterocycles. The lowest BCUT2D eigenvalue weighted by Crippen LogP contribution is -2.40. The molecule has 0 aliphatic heterocycles. The van der Waals surface area contributed by atoms with Gasteiger partial charge in [-0.2, -0.15) is 0 Å². The van der Waals surface area contributed by atoms with Crippen LogP contribution in [0.1, 0.15) is 36.0 Å². The van der Waals surface area contributed by atoms with E-state index in [9.17, 15) is 18.0 Å². The van der Waals surface area contributed by atoms with E-state index in [1.54, 1.807) is 0 Å². The van der Waals surface area contributed by atoms with Crippen LogP contribution in [-0.2, 0) is 14.8 Å². The summed E-state index contributed by atoms with van der Waals surface area (Å²) in [5.74, 6) is -0.618. The van der Waals surface area contributed by atoms with Crippen LogP contribution in [0.5, 0.6) is 0 Å². The predicted octanol–water partition coefficient (Wildman–Crippen LogP) is 0.726. The molecule has 0 atom stereocenters. The lowest BCUT2D eigenvalue weighted by atomic mass is 10.2. The zero-order valence-corrected chi connectivity index (χ0v) is 14.7. The molecule has 0 saturated heterocycles. The average Bonchev–Trinajstić information content (AvgIpc) is 3.05. The monoisotopic (exact) mass is 353 g/mol. The van der Waals surface area contributed by atoms with Crippen molar-refractivity contribution in [2.75, 3.05) is 20.6 Å². The molecule has 0 radical (unpaired) electrons. The van der Waals surface area contributed by atoms with Crippen LogP contribution in [0.25, 0.3) is 0 Å². The number of amides is 2. The van der Waals surface area contributed by atoms with Gasteiger partial charge in [0.25, 0.3) is 5.91 Å². The molecule has 2 rings (SSSR count). The van der Waals surface area contributed by atoms with Crippen LogP contribution < -0.4 is 10.6 Å². The van der Waals surface area contributed by atoms with Gasteiger partial charge >= 0.3 is 0 Å². The number of benzene rings is 1. The number of hydrogen-bond acceptors (Lipinski definition) is 4.